The van der Waals surface area contributed by atoms with Crippen LogP contribution in [0.4, 0.5) is 11.6 Å². The molecule has 0 aromatic carbocycles. The number of sulfonamides is 1. The second-order valence-electron chi connectivity index (χ2n) is 7.08. The van der Waals surface area contributed by atoms with E-state index in [0.717, 1.165) is 16.6 Å². The third-order valence-electron chi connectivity index (χ3n) is 3.22. The van der Waals surface area contributed by atoms with Crippen LogP contribution in [0.2, 0.25) is 25.7 Å². The van der Waals surface area contributed by atoms with Gasteiger partial charge >= 0.3 is 29.6 Å². The number of ether oxygens (including phenoxy) is 1. The van der Waals surface area contributed by atoms with Crippen LogP contribution in [0.15, 0.2) is 11.2 Å². The van der Waals surface area contributed by atoms with Crippen LogP contribution >= 0.6 is 0 Å². The molecule has 0 aliphatic heterocycles. The van der Waals surface area contributed by atoms with Gasteiger partial charge in [-0.05, 0) is 13.0 Å². The summed E-state index contributed by atoms with van der Waals surface area (Å²) in [5, 5.41) is 12.1. The Morgan fingerprint density at radius 1 is 1.38 bits per heavy atom. The van der Waals surface area contributed by atoms with Gasteiger partial charge in [-0.2, -0.15) is 0 Å². The molecule has 0 aliphatic rings. The van der Waals surface area contributed by atoms with Crippen LogP contribution in [0.25, 0.3) is 0 Å². The number of aliphatic hydroxyl groups excluding tert-OH is 1. The van der Waals surface area contributed by atoms with Gasteiger partial charge in [0.05, 0.1) is 12.9 Å². The van der Waals surface area contributed by atoms with E-state index in [1.807, 2.05) is 0 Å². The molecule has 0 aliphatic carbocycles. The van der Waals surface area contributed by atoms with Crippen LogP contribution in [-0.4, -0.2) is 63.8 Å². The molecular formula is C14H27N4NaO4S2Si. The molecule has 0 amide bonds. The van der Waals surface area contributed by atoms with Gasteiger partial charge in [-0.3, -0.25) is 0 Å². The van der Waals surface area contributed by atoms with E-state index in [9.17, 15) is 8.42 Å². The van der Waals surface area contributed by atoms with Gasteiger partial charge in [0, 0.05) is 31.9 Å². The Morgan fingerprint density at radius 3 is 2.50 bits per heavy atom. The van der Waals surface area contributed by atoms with Gasteiger partial charge in [-0.1, -0.05) is 19.6 Å². The largest absolute Gasteiger partial charge is 1.00 e. The van der Waals surface area contributed by atoms with Crippen molar-refractivity contribution in [3.05, 3.63) is 6.07 Å². The number of aliphatic hydroxyl groups is 1. The Hall–Kier alpha value is -0.0131. The number of rotatable bonds is 10. The first kappa shape index (κ1) is 26.0. The molecule has 0 radical (unpaired) electrons. The fourth-order valence-corrected chi connectivity index (χ4v) is 3.42. The molecule has 0 saturated carbocycles. The molecule has 144 valence electrons. The van der Waals surface area contributed by atoms with Crippen molar-refractivity contribution in [3.63, 3.8) is 0 Å². The summed E-state index contributed by atoms with van der Waals surface area (Å²) < 4.78 is 30.9. The van der Waals surface area contributed by atoms with E-state index in [2.05, 4.69) is 34.9 Å². The third-order valence-corrected chi connectivity index (χ3v) is 6.20. The van der Waals surface area contributed by atoms with Gasteiger partial charge < -0.3 is 27.8 Å². The molecule has 1 atom stereocenters. The Labute approximate surface area is 184 Å². The zero-order valence-corrected chi connectivity index (χ0v) is 20.9. The van der Waals surface area contributed by atoms with E-state index in [0.29, 0.717) is 12.4 Å². The quantitative estimate of drug-likeness (QED) is 0.148. The number of nitrogens with zero attached hydrogens (tertiary/aromatic N) is 3. The first-order chi connectivity index (χ1) is 11.4. The fourth-order valence-electron chi connectivity index (χ4n) is 1.77. The zero-order chi connectivity index (χ0) is 19.3. The van der Waals surface area contributed by atoms with Crippen molar-refractivity contribution in [2.75, 3.05) is 35.8 Å². The van der Waals surface area contributed by atoms with Crippen molar-refractivity contribution >= 4 is 42.4 Å². The van der Waals surface area contributed by atoms with Crippen LogP contribution < -0.4 is 39.2 Å². The smallest absolute Gasteiger partial charge is 0.740 e. The van der Waals surface area contributed by atoms with Crippen LogP contribution in [-0.2, 0) is 27.4 Å². The summed E-state index contributed by atoms with van der Waals surface area (Å²) in [6, 6.07) is 2.16. The summed E-state index contributed by atoms with van der Waals surface area (Å²) in [6.07, 6.45) is 1.09. The van der Waals surface area contributed by atoms with Gasteiger partial charge in [0.2, 0.25) is 10.0 Å². The second-order valence-corrected chi connectivity index (χ2v) is 15.0. The van der Waals surface area contributed by atoms with E-state index in [4.69, 9.17) is 22.5 Å². The van der Waals surface area contributed by atoms with Crippen LogP contribution in [0, 0.1) is 0 Å². The van der Waals surface area contributed by atoms with E-state index in [1.165, 1.54) is 6.07 Å². The molecule has 0 unspecified atom stereocenters. The standard InChI is InChI=1S/C14H28N4O4S2Si.Na/c1-11(9-19)15-12-8-13(17-14(23)16-12)18(24(2,20)21)10-22-6-7-25(3,4)5;/h8,11,19H,6-7,9-10H2,1-5H3,(H2,15,16,17,23);/q;+1/p-1/t11-;/m1./s1. The molecule has 1 rings (SSSR count). The average molecular weight is 431 g/mol. The summed E-state index contributed by atoms with van der Waals surface area (Å²) in [4.78, 5) is 8.08. The van der Waals surface area contributed by atoms with E-state index in [-0.39, 0.29) is 59.9 Å². The molecule has 8 nitrogen and oxygen atoms in total. The van der Waals surface area contributed by atoms with Crippen molar-refractivity contribution in [3.8, 4) is 0 Å². The van der Waals surface area contributed by atoms with E-state index >= 15 is 0 Å². The maximum atomic E-state index is 12.1. The summed E-state index contributed by atoms with van der Waals surface area (Å²) in [6.45, 7) is 8.68. The van der Waals surface area contributed by atoms with Crippen molar-refractivity contribution in [1.82, 2.24) is 9.97 Å². The molecule has 1 heterocycles. The first-order valence-corrected chi connectivity index (χ1v) is 13.9. The first-order valence-electron chi connectivity index (χ1n) is 7.91. The average Bonchev–Trinajstić information content (AvgIpc) is 2.43. The molecule has 1 aromatic heterocycles. The van der Waals surface area contributed by atoms with Gasteiger partial charge in [0.25, 0.3) is 0 Å². The van der Waals surface area contributed by atoms with E-state index < -0.39 is 18.1 Å². The van der Waals surface area contributed by atoms with Gasteiger partial charge in [0.15, 0.2) is 0 Å². The van der Waals surface area contributed by atoms with Crippen LogP contribution in [0.1, 0.15) is 6.92 Å². The predicted molar refractivity (Wildman–Crippen MR) is 104 cm³/mol. The van der Waals surface area contributed by atoms with Crippen LogP contribution in [0.3, 0.4) is 0 Å². The molecular weight excluding hydrogens is 403 g/mol. The minimum atomic E-state index is -3.60. The van der Waals surface area contributed by atoms with Gasteiger partial charge in [-0.25, -0.2) is 22.7 Å². The molecule has 0 bridgehead atoms. The Morgan fingerprint density at radius 2 is 2.00 bits per heavy atom. The maximum absolute atomic E-state index is 12.1. The Kier molecular flexibility index (Phi) is 11.1. The molecule has 0 spiro atoms. The summed E-state index contributed by atoms with van der Waals surface area (Å²) in [7, 11) is -4.86. The SMILES string of the molecule is C[C@H](CO)Nc1cc(N(COCC[Si](C)(C)C)S(C)(=O)=O)nc([S-])n1.[Na+]. The summed E-state index contributed by atoms with van der Waals surface area (Å²) >= 11 is 5.02. The minimum absolute atomic E-state index is 0. The van der Waals surface area contributed by atoms with Gasteiger partial charge in [0.1, 0.15) is 18.4 Å². The molecule has 26 heavy (non-hydrogen) atoms. The molecule has 1 aromatic rings. The number of nitrogens with one attached hydrogen (secondary N) is 1. The topological polar surface area (TPSA) is 105 Å². The molecule has 12 heteroatoms. The Bertz CT molecular complexity index is 673. The monoisotopic (exact) mass is 430 g/mol. The molecule has 0 saturated heterocycles. The summed E-state index contributed by atoms with van der Waals surface area (Å²) in [5.41, 5.74) is 0. The third kappa shape index (κ3) is 9.79. The Balaban J connectivity index is 0.00000625. The number of anilines is 2. The number of hydrogen-bond donors (Lipinski definition) is 2. The summed E-state index contributed by atoms with van der Waals surface area (Å²) in [5.74, 6) is 0.496. The van der Waals surface area contributed by atoms with Crippen molar-refractivity contribution in [1.29, 1.82) is 0 Å². The number of aromatic nitrogens is 2. The number of hydrogen-bond acceptors (Lipinski definition) is 8. The maximum Gasteiger partial charge on any atom is 1.00 e. The fraction of sp³-hybridized carbons (Fsp3) is 0.714. The second kappa shape index (κ2) is 11.1. The zero-order valence-electron chi connectivity index (χ0n) is 16.3. The van der Waals surface area contributed by atoms with Crippen LogP contribution in [0.5, 0.6) is 0 Å². The van der Waals surface area contributed by atoms with Crippen molar-refractivity contribution in [2.45, 2.75) is 43.8 Å². The van der Waals surface area contributed by atoms with Crippen molar-refractivity contribution in [2.24, 2.45) is 0 Å². The van der Waals surface area contributed by atoms with Gasteiger partial charge in [-0.15, -0.1) is 0 Å². The van der Waals surface area contributed by atoms with E-state index in [1.54, 1.807) is 6.92 Å². The van der Waals surface area contributed by atoms with Crippen molar-refractivity contribution < 1.29 is 47.8 Å². The predicted octanol–water partition coefficient (Wildman–Crippen LogP) is -1.74. The normalized spacial score (nSPS) is 13.0. The molecule has 2 N–H and O–H groups in total. The minimum Gasteiger partial charge on any atom is -0.740 e. The molecule has 0 fully saturated rings.